The van der Waals surface area contributed by atoms with Gasteiger partial charge in [0.2, 0.25) is 10.0 Å². The fourth-order valence-electron chi connectivity index (χ4n) is 3.03. The Hall–Kier alpha value is -1.25. The zero-order chi connectivity index (χ0) is 19.9. The number of guanidine groups is 1. The lowest BCUT2D eigenvalue weighted by molar-refractivity contribution is 0.569. The van der Waals surface area contributed by atoms with Crippen LogP contribution in [0.5, 0.6) is 0 Å². The van der Waals surface area contributed by atoms with Gasteiger partial charge in [0.1, 0.15) is 0 Å². The monoisotopic (exact) mass is 412 g/mol. The molecule has 1 fully saturated rings. The van der Waals surface area contributed by atoms with Gasteiger partial charge >= 0.3 is 0 Å². The highest BCUT2D eigenvalue weighted by Crippen LogP contribution is 2.36. The van der Waals surface area contributed by atoms with Crippen molar-refractivity contribution < 1.29 is 8.42 Å². The van der Waals surface area contributed by atoms with E-state index < -0.39 is 10.0 Å². The second kappa shape index (κ2) is 9.80. The van der Waals surface area contributed by atoms with Crippen LogP contribution in [0.15, 0.2) is 29.3 Å². The lowest BCUT2D eigenvalue weighted by Crippen LogP contribution is -2.43. The van der Waals surface area contributed by atoms with Gasteiger partial charge in [0.05, 0.1) is 5.75 Å². The summed E-state index contributed by atoms with van der Waals surface area (Å²) in [6, 6.07) is 7.54. The SMILES string of the molecule is CN=C(NCc1ccc(CS(=O)(=O)NC(C)C)cc1)NCC1(C)CCCS1. The standard InChI is InChI=1S/C19H32N4O2S2/c1-15(2)23-27(24,25)13-17-8-6-16(7-9-17)12-21-18(20-4)22-14-19(3)10-5-11-26-19/h6-9,15,23H,5,10-14H2,1-4H3,(H2,20,21,22). The maximum Gasteiger partial charge on any atom is 0.216 e. The molecule has 27 heavy (non-hydrogen) atoms. The highest BCUT2D eigenvalue weighted by atomic mass is 32.2. The highest BCUT2D eigenvalue weighted by molar-refractivity contribution is 8.00. The van der Waals surface area contributed by atoms with Gasteiger partial charge in [-0.25, -0.2) is 13.1 Å². The van der Waals surface area contributed by atoms with Gasteiger partial charge in [-0.05, 0) is 50.5 Å². The molecular formula is C19H32N4O2S2. The first-order chi connectivity index (χ1) is 12.7. The van der Waals surface area contributed by atoms with Gasteiger partial charge in [-0.2, -0.15) is 11.8 Å². The van der Waals surface area contributed by atoms with Crippen LogP contribution in [0, 0.1) is 0 Å². The molecule has 0 aliphatic carbocycles. The second-order valence-electron chi connectivity index (χ2n) is 7.53. The van der Waals surface area contributed by atoms with Crippen LogP contribution in [-0.4, -0.2) is 44.5 Å². The Bertz CT molecular complexity index is 725. The van der Waals surface area contributed by atoms with Crippen molar-refractivity contribution in [3.63, 3.8) is 0 Å². The zero-order valence-corrected chi connectivity index (χ0v) is 18.3. The molecule has 1 heterocycles. The van der Waals surface area contributed by atoms with E-state index in [0.29, 0.717) is 6.54 Å². The minimum absolute atomic E-state index is 0.00163. The number of hydrogen-bond donors (Lipinski definition) is 3. The van der Waals surface area contributed by atoms with Crippen molar-refractivity contribution in [3.05, 3.63) is 35.4 Å². The van der Waals surface area contributed by atoms with Gasteiger partial charge in [0.15, 0.2) is 5.96 Å². The van der Waals surface area contributed by atoms with E-state index in [0.717, 1.165) is 23.6 Å². The molecule has 1 aliphatic rings. The molecule has 0 saturated carbocycles. The van der Waals surface area contributed by atoms with Crippen LogP contribution in [0.2, 0.25) is 0 Å². The van der Waals surface area contributed by atoms with Crippen molar-refractivity contribution >= 4 is 27.7 Å². The van der Waals surface area contributed by atoms with Crippen LogP contribution in [0.3, 0.4) is 0 Å². The summed E-state index contributed by atoms with van der Waals surface area (Å²) in [4.78, 5) is 4.29. The van der Waals surface area contributed by atoms with Gasteiger partial charge in [0.25, 0.3) is 0 Å². The minimum atomic E-state index is -3.29. The fourth-order valence-corrected chi connectivity index (χ4v) is 5.70. The topological polar surface area (TPSA) is 82.6 Å². The molecule has 0 bridgehead atoms. The smallest absolute Gasteiger partial charge is 0.216 e. The number of nitrogens with zero attached hydrogens (tertiary/aromatic N) is 1. The molecule has 6 nitrogen and oxygen atoms in total. The average molecular weight is 413 g/mol. The van der Waals surface area contributed by atoms with Crippen LogP contribution in [0.4, 0.5) is 0 Å². The van der Waals surface area contributed by atoms with Crippen LogP contribution in [0.1, 0.15) is 44.7 Å². The lowest BCUT2D eigenvalue weighted by Gasteiger charge is -2.24. The number of nitrogens with one attached hydrogen (secondary N) is 3. The number of benzene rings is 1. The van der Waals surface area contributed by atoms with Crippen LogP contribution in [-0.2, 0) is 22.3 Å². The first-order valence-corrected chi connectivity index (χ1v) is 12.0. The van der Waals surface area contributed by atoms with E-state index in [4.69, 9.17) is 0 Å². The predicted octanol–water partition coefficient (Wildman–Crippen LogP) is 2.47. The van der Waals surface area contributed by atoms with Crippen molar-refractivity contribution in [2.45, 2.75) is 56.7 Å². The number of rotatable bonds is 8. The van der Waals surface area contributed by atoms with Crippen LogP contribution in [0.25, 0.3) is 0 Å². The summed E-state index contributed by atoms with van der Waals surface area (Å²) in [5.74, 6) is 2.02. The molecule has 1 aromatic rings. The molecule has 0 aromatic heterocycles. The first kappa shape index (κ1) is 22.0. The van der Waals surface area contributed by atoms with Crippen molar-refractivity contribution in [3.8, 4) is 0 Å². The first-order valence-electron chi connectivity index (χ1n) is 9.38. The Morgan fingerprint density at radius 2 is 1.89 bits per heavy atom. The van der Waals surface area contributed by atoms with E-state index in [1.165, 1.54) is 18.6 Å². The molecule has 0 amide bonds. The number of hydrogen-bond acceptors (Lipinski definition) is 4. The minimum Gasteiger partial charge on any atom is -0.355 e. The second-order valence-corrected chi connectivity index (χ2v) is 11.0. The molecule has 1 atom stereocenters. The number of aliphatic imine (C=N–C) groups is 1. The molecule has 152 valence electrons. The third-order valence-electron chi connectivity index (χ3n) is 4.41. The Morgan fingerprint density at radius 1 is 1.22 bits per heavy atom. The van der Waals surface area contributed by atoms with Crippen molar-refractivity contribution in [1.82, 2.24) is 15.4 Å². The molecular weight excluding hydrogens is 380 g/mol. The average Bonchev–Trinajstić information content (AvgIpc) is 3.02. The molecule has 1 aliphatic heterocycles. The van der Waals surface area contributed by atoms with Gasteiger partial charge in [-0.3, -0.25) is 4.99 Å². The van der Waals surface area contributed by atoms with Gasteiger partial charge in [0, 0.05) is 30.9 Å². The van der Waals surface area contributed by atoms with E-state index >= 15 is 0 Å². The van der Waals surface area contributed by atoms with E-state index in [2.05, 4.69) is 27.3 Å². The molecule has 0 spiro atoms. The number of sulfonamides is 1. The largest absolute Gasteiger partial charge is 0.355 e. The van der Waals surface area contributed by atoms with Crippen LogP contribution >= 0.6 is 11.8 Å². The maximum absolute atomic E-state index is 12.0. The third kappa shape index (κ3) is 7.71. The van der Waals surface area contributed by atoms with Gasteiger partial charge < -0.3 is 10.6 Å². The van der Waals surface area contributed by atoms with E-state index in [1.54, 1.807) is 7.05 Å². The summed E-state index contributed by atoms with van der Waals surface area (Å²) >= 11 is 2.02. The summed E-state index contributed by atoms with van der Waals surface area (Å²) in [5.41, 5.74) is 1.86. The summed E-state index contributed by atoms with van der Waals surface area (Å²) in [7, 11) is -1.52. The van der Waals surface area contributed by atoms with Crippen molar-refractivity contribution in [1.29, 1.82) is 0 Å². The van der Waals surface area contributed by atoms with Gasteiger partial charge in [-0.1, -0.05) is 24.3 Å². The Balaban J connectivity index is 1.83. The van der Waals surface area contributed by atoms with E-state index in [1.807, 2.05) is 49.9 Å². The molecule has 2 rings (SSSR count). The quantitative estimate of drug-likeness (QED) is 0.451. The Labute approximate surface area is 168 Å². The predicted molar refractivity (Wildman–Crippen MR) is 116 cm³/mol. The molecule has 1 unspecified atom stereocenters. The maximum atomic E-state index is 12.0. The lowest BCUT2D eigenvalue weighted by atomic mass is 10.1. The van der Waals surface area contributed by atoms with Crippen molar-refractivity contribution in [2.75, 3.05) is 19.3 Å². The number of thioether (sulfide) groups is 1. The summed E-state index contributed by atoms with van der Waals surface area (Å²) in [5, 5.41) is 6.73. The molecule has 3 N–H and O–H groups in total. The summed E-state index contributed by atoms with van der Waals surface area (Å²) < 4.78 is 26.9. The molecule has 8 heteroatoms. The Morgan fingerprint density at radius 3 is 2.44 bits per heavy atom. The molecule has 1 aromatic carbocycles. The normalized spacial score (nSPS) is 20.9. The summed E-state index contributed by atoms with van der Waals surface area (Å²) in [6.07, 6.45) is 2.52. The van der Waals surface area contributed by atoms with E-state index in [9.17, 15) is 8.42 Å². The van der Waals surface area contributed by atoms with E-state index in [-0.39, 0.29) is 16.5 Å². The third-order valence-corrected chi connectivity index (χ3v) is 7.49. The van der Waals surface area contributed by atoms with Gasteiger partial charge in [-0.15, -0.1) is 0 Å². The zero-order valence-electron chi connectivity index (χ0n) is 16.7. The highest BCUT2D eigenvalue weighted by Gasteiger charge is 2.29. The van der Waals surface area contributed by atoms with Crippen LogP contribution < -0.4 is 15.4 Å². The Kier molecular flexibility index (Phi) is 8.00. The summed E-state index contributed by atoms with van der Waals surface area (Å²) in [6.45, 7) is 7.47. The fraction of sp³-hybridized carbons (Fsp3) is 0.632. The van der Waals surface area contributed by atoms with Crippen molar-refractivity contribution in [2.24, 2.45) is 4.99 Å². The molecule has 0 radical (unpaired) electrons. The molecule has 1 saturated heterocycles.